The summed E-state index contributed by atoms with van der Waals surface area (Å²) in [6.45, 7) is 3.95. The van der Waals surface area contributed by atoms with E-state index in [4.69, 9.17) is 0 Å². The van der Waals surface area contributed by atoms with Crippen LogP contribution < -0.4 is 0 Å². The molecule has 0 radical (unpaired) electrons. The van der Waals surface area contributed by atoms with Crippen LogP contribution in [0, 0.1) is 5.21 Å². The molecular weight excluding hydrogens is 178 g/mol. The Morgan fingerprint density at radius 3 is 2.36 bits per heavy atom. The minimum Gasteiger partial charge on any atom is -0.691 e. The average molecular weight is 193 g/mol. The van der Waals surface area contributed by atoms with E-state index in [2.05, 4.69) is 5.22 Å². The second kappa shape index (κ2) is 4.60. The second-order valence-corrected chi connectivity index (χ2v) is 3.37. The Morgan fingerprint density at radius 2 is 1.86 bits per heavy atom. The van der Waals surface area contributed by atoms with Crippen LogP contribution in [0.25, 0.3) is 0 Å². The van der Waals surface area contributed by atoms with Crippen LogP contribution in [0.2, 0.25) is 0 Å². The fraction of sp³-hybridized carbons (Fsp3) is 0.400. The zero-order valence-corrected chi connectivity index (χ0v) is 8.71. The van der Waals surface area contributed by atoms with Crippen LogP contribution in [-0.4, -0.2) is 23.0 Å². The second-order valence-electron chi connectivity index (χ2n) is 3.37. The highest BCUT2D eigenvalue weighted by molar-refractivity contribution is 5.27. The molecule has 4 heteroatoms. The van der Waals surface area contributed by atoms with Crippen LogP contribution in [-0.2, 0) is 0 Å². The number of nitrogens with zero attached hydrogens (tertiary/aromatic N) is 3. The summed E-state index contributed by atoms with van der Waals surface area (Å²) in [5.74, 6) is 0. The molecule has 0 aromatic heterocycles. The van der Waals surface area contributed by atoms with E-state index < -0.39 is 0 Å². The van der Waals surface area contributed by atoms with Crippen LogP contribution in [0.15, 0.2) is 35.6 Å². The largest absolute Gasteiger partial charge is 0.691 e. The third-order valence-electron chi connectivity index (χ3n) is 1.95. The summed E-state index contributed by atoms with van der Waals surface area (Å²) in [5.41, 5.74) is 0.542. The predicted octanol–water partition coefficient (Wildman–Crippen LogP) is 2.54. The first-order valence-corrected chi connectivity index (χ1v) is 4.58. The molecule has 0 saturated heterocycles. The molecule has 1 aromatic rings. The zero-order valence-electron chi connectivity index (χ0n) is 8.71. The monoisotopic (exact) mass is 193 g/mol. The van der Waals surface area contributed by atoms with E-state index in [-0.39, 0.29) is 6.04 Å². The van der Waals surface area contributed by atoms with E-state index >= 15 is 0 Å². The lowest BCUT2D eigenvalue weighted by molar-refractivity contribution is -0.462. The Balaban J connectivity index is 2.80. The lowest BCUT2D eigenvalue weighted by Crippen LogP contribution is -2.21. The molecule has 14 heavy (non-hydrogen) atoms. The van der Waals surface area contributed by atoms with Crippen molar-refractivity contribution in [2.75, 3.05) is 7.05 Å². The summed E-state index contributed by atoms with van der Waals surface area (Å²) in [4.78, 5) is 0.625. The van der Waals surface area contributed by atoms with Gasteiger partial charge in [0.1, 0.15) is 6.04 Å². The molecule has 0 heterocycles. The van der Waals surface area contributed by atoms with Gasteiger partial charge < -0.3 is 5.21 Å². The van der Waals surface area contributed by atoms with Gasteiger partial charge in [-0.1, -0.05) is 18.2 Å². The zero-order chi connectivity index (χ0) is 10.6. The standard InChI is InChI=1S/C10H15N3O/c1-9(2)12(3)11-13(14)10-7-5-4-6-8-10/h4-9H,1-3H3. The maximum Gasteiger partial charge on any atom is 0.154 e. The van der Waals surface area contributed by atoms with E-state index in [0.29, 0.717) is 10.5 Å². The van der Waals surface area contributed by atoms with Crippen molar-refractivity contribution in [1.29, 1.82) is 0 Å². The predicted molar refractivity (Wildman–Crippen MR) is 55.1 cm³/mol. The minimum absolute atomic E-state index is 0.218. The third-order valence-corrected chi connectivity index (χ3v) is 1.95. The molecule has 4 nitrogen and oxygen atoms in total. The third kappa shape index (κ3) is 2.73. The van der Waals surface area contributed by atoms with E-state index in [0.717, 1.165) is 0 Å². The van der Waals surface area contributed by atoms with Gasteiger partial charge in [-0.25, -0.2) is 0 Å². The van der Waals surface area contributed by atoms with Crippen LogP contribution >= 0.6 is 0 Å². The normalized spacial score (nSPS) is 11.9. The number of benzene rings is 1. The molecule has 0 N–H and O–H groups in total. The van der Waals surface area contributed by atoms with Gasteiger partial charge in [0.2, 0.25) is 0 Å². The van der Waals surface area contributed by atoms with Crippen molar-refractivity contribution in [1.82, 2.24) is 5.01 Å². The van der Waals surface area contributed by atoms with Gasteiger partial charge in [0, 0.05) is 0 Å². The van der Waals surface area contributed by atoms with Gasteiger partial charge in [0.15, 0.2) is 5.69 Å². The first-order valence-electron chi connectivity index (χ1n) is 4.58. The minimum atomic E-state index is 0.218. The van der Waals surface area contributed by atoms with E-state index in [1.165, 1.54) is 0 Å². The molecule has 0 unspecified atom stereocenters. The highest BCUT2D eigenvalue weighted by atomic mass is 16.5. The van der Waals surface area contributed by atoms with E-state index in [1.807, 2.05) is 32.0 Å². The SMILES string of the molecule is CC(C)N(C)N=[N+]([O-])c1ccccc1. The molecule has 1 aromatic carbocycles. The molecule has 76 valence electrons. The van der Waals surface area contributed by atoms with Crippen LogP contribution in [0.4, 0.5) is 5.69 Å². The van der Waals surface area contributed by atoms with Gasteiger partial charge in [-0.3, -0.25) is 0 Å². The fourth-order valence-corrected chi connectivity index (χ4v) is 0.839. The van der Waals surface area contributed by atoms with Crippen molar-refractivity contribution >= 4 is 5.69 Å². The van der Waals surface area contributed by atoms with Gasteiger partial charge >= 0.3 is 0 Å². The number of hydrogen-bond donors (Lipinski definition) is 0. The molecule has 0 spiro atoms. The summed E-state index contributed by atoms with van der Waals surface area (Å²) < 4.78 is 0. The fourth-order valence-electron chi connectivity index (χ4n) is 0.839. The highest BCUT2D eigenvalue weighted by Gasteiger charge is 2.07. The first-order chi connectivity index (χ1) is 6.61. The van der Waals surface area contributed by atoms with Gasteiger partial charge in [-0.15, -0.1) is 4.86 Å². The summed E-state index contributed by atoms with van der Waals surface area (Å²) in [6, 6.07) is 9.16. The topological polar surface area (TPSA) is 41.7 Å². The smallest absolute Gasteiger partial charge is 0.154 e. The Labute approximate surface area is 84.0 Å². The number of rotatable bonds is 3. The van der Waals surface area contributed by atoms with Crippen molar-refractivity contribution in [2.45, 2.75) is 19.9 Å². The van der Waals surface area contributed by atoms with Crippen molar-refractivity contribution in [3.8, 4) is 0 Å². The maximum atomic E-state index is 11.5. The highest BCUT2D eigenvalue weighted by Crippen LogP contribution is 2.10. The molecule has 0 fully saturated rings. The Morgan fingerprint density at radius 1 is 1.29 bits per heavy atom. The number of hydrogen-bond acceptors (Lipinski definition) is 2. The summed E-state index contributed by atoms with van der Waals surface area (Å²) in [5, 5.41) is 17.0. The molecule has 0 aliphatic heterocycles. The van der Waals surface area contributed by atoms with Crippen LogP contribution in [0.1, 0.15) is 13.8 Å². The molecular formula is C10H15N3O. The van der Waals surface area contributed by atoms with Crippen molar-refractivity contribution < 1.29 is 4.86 Å². The summed E-state index contributed by atoms with van der Waals surface area (Å²) in [7, 11) is 1.78. The van der Waals surface area contributed by atoms with Gasteiger partial charge in [-0.2, -0.15) is 5.01 Å². The summed E-state index contributed by atoms with van der Waals surface area (Å²) in [6.07, 6.45) is 0. The molecule has 0 aliphatic rings. The van der Waals surface area contributed by atoms with E-state index in [9.17, 15) is 5.21 Å². The quantitative estimate of drug-likeness (QED) is 0.420. The van der Waals surface area contributed by atoms with Crippen molar-refractivity contribution in [2.24, 2.45) is 5.22 Å². The van der Waals surface area contributed by atoms with Gasteiger partial charge in [0.05, 0.1) is 12.3 Å². The lowest BCUT2D eigenvalue weighted by atomic mass is 10.3. The Kier molecular flexibility index (Phi) is 3.45. The Bertz CT molecular complexity index is 308. The maximum absolute atomic E-state index is 11.5. The molecule has 0 aliphatic carbocycles. The average Bonchev–Trinajstić information content (AvgIpc) is 2.19. The lowest BCUT2D eigenvalue weighted by Gasteiger charge is -2.12. The molecule has 1 rings (SSSR count). The van der Waals surface area contributed by atoms with Crippen molar-refractivity contribution in [3.05, 3.63) is 35.5 Å². The summed E-state index contributed by atoms with van der Waals surface area (Å²) >= 11 is 0. The van der Waals surface area contributed by atoms with Gasteiger partial charge in [-0.05, 0) is 26.0 Å². The van der Waals surface area contributed by atoms with E-state index in [1.54, 1.807) is 24.2 Å². The van der Waals surface area contributed by atoms with Crippen molar-refractivity contribution in [3.63, 3.8) is 0 Å². The molecule has 0 bridgehead atoms. The molecule has 0 saturated carbocycles. The molecule has 0 atom stereocenters. The molecule has 0 amide bonds. The number of para-hydroxylation sites is 1. The van der Waals surface area contributed by atoms with Crippen LogP contribution in [0.5, 0.6) is 0 Å². The Hall–Kier alpha value is -1.58. The van der Waals surface area contributed by atoms with Crippen LogP contribution in [0.3, 0.4) is 0 Å². The van der Waals surface area contributed by atoms with Gasteiger partial charge in [0.25, 0.3) is 0 Å². The first kappa shape index (κ1) is 10.5.